The van der Waals surface area contributed by atoms with Crippen LogP contribution in [0.1, 0.15) is 31.4 Å². The van der Waals surface area contributed by atoms with E-state index in [0.29, 0.717) is 0 Å². The molecule has 1 atom stereocenters. The molecular formula is C12H20N2O2. The molecule has 4 nitrogen and oxygen atoms in total. The van der Waals surface area contributed by atoms with E-state index in [0.717, 1.165) is 29.9 Å². The fourth-order valence-corrected chi connectivity index (χ4v) is 1.82. The molecule has 1 unspecified atom stereocenters. The number of hydrazine groups is 1. The third-order valence-corrected chi connectivity index (χ3v) is 2.59. The van der Waals surface area contributed by atoms with Crippen LogP contribution in [0.25, 0.3) is 0 Å². The molecule has 0 spiro atoms. The number of hydrogen-bond acceptors (Lipinski definition) is 4. The summed E-state index contributed by atoms with van der Waals surface area (Å²) in [5, 5.41) is 0. The van der Waals surface area contributed by atoms with E-state index in [-0.39, 0.29) is 6.04 Å². The Morgan fingerprint density at radius 3 is 2.19 bits per heavy atom. The summed E-state index contributed by atoms with van der Waals surface area (Å²) in [4.78, 5) is 0. The zero-order valence-corrected chi connectivity index (χ0v) is 10.1. The number of methoxy groups -OCH3 is 2. The largest absolute Gasteiger partial charge is 0.496 e. The van der Waals surface area contributed by atoms with Crippen molar-refractivity contribution in [1.82, 2.24) is 5.43 Å². The molecule has 0 aromatic heterocycles. The Labute approximate surface area is 96.7 Å². The molecule has 90 valence electrons. The van der Waals surface area contributed by atoms with E-state index in [2.05, 4.69) is 12.3 Å². The van der Waals surface area contributed by atoms with E-state index in [1.54, 1.807) is 14.2 Å². The number of rotatable bonds is 6. The van der Waals surface area contributed by atoms with Gasteiger partial charge in [-0.25, -0.2) is 0 Å². The Bertz CT molecular complexity index is 307. The Balaban J connectivity index is 3.14. The highest BCUT2D eigenvalue weighted by Gasteiger charge is 2.18. The molecule has 3 N–H and O–H groups in total. The van der Waals surface area contributed by atoms with Gasteiger partial charge in [-0.1, -0.05) is 19.4 Å². The Morgan fingerprint density at radius 2 is 1.81 bits per heavy atom. The predicted octanol–water partition coefficient (Wildman–Crippen LogP) is 2.01. The summed E-state index contributed by atoms with van der Waals surface area (Å²) in [6.45, 7) is 2.12. The maximum Gasteiger partial charge on any atom is 0.127 e. The van der Waals surface area contributed by atoms with Crippen molar-refractivity contribution in [2.75, 3.05) is 14.2 Å². The van der Waals surface area contributed by atoms with E-state index in [9.17, 15) is 0 Å². The highest BCUT2D eigenvalue weighted by Crippen LogP contribution is 2.35. The molecule has 0 aliphatic rings. The van der Waals surface area contributed by atoms with Gasteiger partial charge in [-0.3, -0.25) is 11.3 Å². The van der Waals surface area contributed by atoms with E-state index in [1.807, 2.05) is 18.2 Å². The first-order valence-corrected chi connectivity index (χ1v) is 5.45. The second-order valence-corrected chi connectivity index (χ2v) is 3.58. The number of nitrogens with two attached hydrogens (primary N) is 1. The van der Waals surface area contributed by atoms with Crippen molar-refractivity contribution < 1.29 is 9.47 Å². The molecular weight excluding hydrogens is 204 g/mol. The average molecular weight is 224 g/mol. The molecule has 0 fully saturated rings. The molecule has 0 saturated carbocycles. The molecule has 0 heterocycles. The summed E-state index contributed by atoms with van der Waals surface area (Å²) in [6.07, 6.45) is 1.98. The Morgan fingerprint density at radius 1 is 1.25 bits per heavy atom. The molecule has 16 heavy (non-hydrogen) atoms. The van der Waals surface area contributed by atoms with Crippen LogP contribution in [0.15, 0.2) is 18.2 Å². The molecule has 0 bridgehead atoms. The standard InChI is InChI=1S/C12H20N2O2/c1-4-6-9(14-13)12-10(15-2)7-5-8-11(12)16-3/h5,7-9,14H,4,6,13H2,1-3H3. The number of nitrogens with one attached hydrogen (secondary N) is 1. The highest BCUT2D eigenvalue weighted by molar-refractivity contribution is 5.46. The van der Waals surface area contributed by atoms with Crippen LogP contribution < -0.4 is 20.7 Å². The van der Waals surface area contributed by atoms with Crippen molar-refractivity contribution in [3.63, 3.8) is 0 Å². The SMILES string of the molecule is CCCC(NN)c1c(OC)cccc1OC. The van der Waals surface area contributed by atoms with Crippen LogP contribution in [0, 0.1) is 0 Å². The molecule has 4 heteroatoms. The van der Waals surface area contributed by atoms with Gasteiger partial charge < -0.3 is 9.47 Å². The predicted molar refractivity (Wildman–Crippen MR) is 64.5 cm³/mol. The molecule has 0 amide bonds. The van der Waals surface area contributed by atoms with Crippen LogP contribution in [-0.4, -0.2) is 14.2 Å². The minimum atomic E-state index is 0.0519. The topological polar surface area (TPSA) is 56.5 Å². The van der Waals surface area contributed by atoms with E-state index >= 15 is 0 Å². The van der Waals surface area contributed by atoms with Crippen molar-refractivity contribution in [3.05, 3.63) is 23.8 Å². The normalized spacial score (nSPS) is 12.2. The lowest BCUT2D eigenvalue weighted by Gasteiger charge is -2.21. The maximum atomic E-state index is 5.58. The fraction of sp³-hybridized carbons (Fsp3) is 0.500. The molecule has 0 saturated heterocycles. The van der Waals surface area contributed by atoms with Crippen LogP contribution in [0.4, 0.5) is 0 Å². The number of ether oxygens (including phenoxy) is 2. The molecule has 1 rings (SSSR count). The van der Waals surface area contributed by atoms with Crippen molar-refractivity contribution in [1.29, 1.82) is 0 Å². The summed E-state index contributed by atoms with van der Waals surface area (Å²) >= 11 is 0. The second-order valence-electron chi connectivity index (χ2n) is 3.58. The molecule has 0 radical (unpaired) electrons. The van der Waals surface area contributed by atoms with Gasteiger partial charge in [0, 0.05) is 0 Å². The van der Waals surface area contributed by atoms with Gasteiger partial charge in [-0.2, -0.15) is 0 Å². The van der Waals surface area contributed by atoms with Gasteiger partial charge in [0.15, 0.2) is 0 Å². The van der Waals surface area contributed by atoms with Crippen LogP contribution in [-0.2, 0) is 0 Å². The van der Waals surface area contributed by atoms with Gasteiger partial charge in [-0.05, 0) is 18.6 Å². The zero-order chi connectivity index (χ0) is 12.0. The van der Waals surface area contributed by atoms with Crippen LogP contribution in [0.3, 0.4) is 0 Å². The summed E-state index contributed by atoms with van der Waals surface area (Å²) in [5.74, 6) is 7.18. The van der Waals surface area contributed by atoms with E-state index in [4.69, 9.17) is 15.3 Å². The average Bonchev–Trinajstić information content (AvgIpc) is 2.35. The number of hydrogen-bond donors (Lipinski definition) is 2. The van der Waals surface area contributed by atoms with Gasteiger partial charge in [0.05, 0.1) is 25.8 Å². The maximum absolute atomic E-state index is 5.58. The third-order valence-electron chi connectivity index (χ3n) is 2.59. The lowest BCUT2D eigenvalue weighted by Crippen LogP contribution is -2.28. The quantitative estimate of drug-likeness (QED) is 0.573. The van der Waals surface area contributed by atoms with Crippen molar-refractivity contribution in [2.45, 2.75) is 25.8 Å². The van der Waals surface area contributed by atoms with Crippen molar-refractivity contribution in [2.24, 2.45) is 5.84 Å². The summed E-state index contributed by atoms with van der Waals surface area (Å²) in [7, 11) is 3.30. The second kappa shape index (κ2) is 6.35. The molecule has 1 aromatic rings. The van der Waals surface area contributed by atoms with Gasteiger partial charge in [0.1, 0.15) is 11.5 Å². The summed E-state index contributed by atoms with van der Waals surface area (Å²) < 4.78 is 10.7. The summed E-state index contributed by atoms with van der Waals surface area (Å²) in [5.41, 5.74) is 3.79. The Kier molecular flexibility index (Phi) is 5.08. The lowest BCUT2D eigenvalue weighted by atomic mass is 10.0. The lowest BCUT2D eigenvalue weighted by molar-refractivity contribution is 0.366. The first kappa shape index (κ1) is 12.8. The van der Waals surface area contributed by atoms with Crippen LogP contribution in [0.2, 0.25) is 0 Å². The highest BCUT2D eigenvalue weighted by atomic mass is 16.5. The van der Waals surface area contributed by atoms with Gasteiger partial charge in [0.2, 0.25) is 0 Å². The first-order chi connectivity index (χ1) is 7.78. The van der Waals surface area contributed by atoms with Crippen molar-refractivity contribution >= 4 is 0 Å². The third kappa shape index (κ3) is 2.65. The minimum absolute atomic E-state index is 0.0519. The van der Waals surface area contributed by atoms with Gasteiger partial charge in [0.25, 0.3) is 0 Å². The summed E-state index contributed by atoms with van der Waals surface area (Å²) in [6, 6.07) is 5.78. The van der Waals surface area contributed by atoms with Gasteiger partial charge >= 0.3 is 0 Å². The van der Waals surface area contributed by atoms with E-state index in [1.165, 1.54) is 0 Å². The van der Waals surface area contributed by atoms with Gasteiger partial charge in [-0.15, -0.1) is 0 Å². The molecule has 0 aliphatic carbocycles. The molecule has 1 aromatic carbocycles. The Hall–Kier alpha value is -1.26. The van der Waals surface area contributed by atoms with E-state index < -0.39 is 0 Å². The minimum Gasteiger partial charge on any atom is -0.496 e. The van der Waals surface area contributed by atoms with Crippen LogP contribution >= 0.6 is 0 Å². The van der Waals surface area contributed by atoms with Crippen LogP contribution in [0.5, 0.6) is 11.5 Å². The fourth-order valence-electron chi connectivity index (χ4n) is 1.82. The first-order valence-electron chi connectivity index (χ1n) is 5.45. The number of benzene rings is 1. The molecule has 0 aliphatic heterocycles. The smallest absolute Gasteiger partial charge is 0.127 e. The zero-order valence-electron chi connectivity index (χ0n) is 10.1. The van der Waals surface area contributed by atoms with Crippen molar-refractivity contribution in [3.8, 4) is 11.5 Å². The monoisotopic (exact) mass is 224 g/mol.